The van der Waals surface area contributed by atoms with E-state index < -0.39 is 0 Å². The first-order valence-corrected chi connectivity index (χ1v) is 7.19. The Kier molecular flexibility index (Phi) is 2.14. The summed E-state index contributed by atoms with van der Waals surface area (Å²) in [4.78, 5) is 6.96. The van der Waals surface area contributed by atoms with Crippen LogP contribution in [0, 0.1) is 0 Å². The normalized spacial score (nSPS) is 11.9. The number of benzene rings is 2. The van der Waals surface area contributed by atoms with Gasteiger partial charge >= 0.3 is 0 Å². The molecule has 0 spiro atoms. The van der Waals surface area contributed by atoms with Crippen molar-refractivity contribution >= 4 is 64.7 Å². The summed E-state index contributed by atoms with van der Waals surface area (Å²) in [6, 6.07) is 12.6. The highest BCUT2D eigenvalue weighted by Crippen LogP contribution is 2.33. The lowest BCUT2D eigenvalue weighted by atomic mass is 10.2. The van der Waals surface area contributed by atoms with Crippen LogP contribution in [0.1, 0.15) is 0 Å². The van der Waals surface area contributed by atoms with E-state index in [1.54, 1.807) is 0 Å². The number of halogens is 2. The molecule has 4 aromatic rings. The zero-order valence-electron chi connectivity index (χ0n) is 9.22. The van der Waals surface area contributed by atoms with Crippen LogP contribution in [-0.2, 0) is 0 Å². The maximum Gasteiger partial charge on any atom is 0.0725 e. The lowest BCUT2D eigenvalue weighted by molar-refractivity contribution is 1.55. The van der Waals surface area contributed by atoms with Gasteiger partial charge < -0.3 is 9.97 Å². The third-order valence-electron chi connectivity index (χ3n) is 3.27. The van der Waals surface area contributed by atoms with Crippen LogP contribution < -0.4 is 0 Å². The Hall–Kier alpha value is -1.26. The third kappa shape index (κ3) is 1.39. The molecule has 0 saturated carbocycles. The van der Waals surface area contributed by atoms with E-state index in [-0.39, 0.29) is 0 Å². The van der Waals surface area contributed by atoms with Gasteiger partial charge in [0.15, 0.2) is 0 Å². The average Bonchev–Trinajstić information content (AvgIpc) is 2.86. The summed E-state index contributed by atoms with van der Waals surface area (Å²) in [5, 5.41) is 2.43. The Morgan fingerprint density at radius 2 is 1.11 bits per heavy atom. The van der Waals surface area contributed by atoms with E-state index in [1.165, 1.54) is 21.8 Å². The quantitative estimate of drug-likeness (QED) is 0.423. The molecule has 4 heteroatoms. The molecule has 0 amide bonds. The smallest absolute Gasteiger partial charge is 0.0725 e. The zero-order valence-corrected chi connectivity index (χ0v) is 12.4. The van der Waals surface area contributed by atoms with Crippen LogP contribution in [0.15, 0.2) is 45.3 Å². The van der Waals surface area contributed by atoms with E-state index >= 15 is 0 Å². The molecule has 2 aromatic carbocycles. The second-order valence-corrected chi connectivity index (χ2v) is 6.21. The molecule has 2 N–H and O–H groups in total. The fraction of sp³-hybridized carbons (Fsp3) is 0. The van der Waals surface area contributed by atoms with Crippen molar-refractivity contribution in [3.8, 4) is 0 Å². The van der Waals surface area contributed by atoms with E-state index in [0.29, 0.717) is 0 Å². The molecule has 2 heterocycles. The Balaban J connectivity index is 2.26. The van der Waals surface area contributed by atoms with Crippen molar-refractivity contribution in [2.75, 3.05) is 0 Å². The van der Waals surface area contributed by atoms with E-state index in [2.05, 4.69) is 78.2 Å². The molecule has 88 valence electrons. The van der Waals surface area contributed by atoms with E-state index in [4.69, 9.17) is 0 Å². The maximum atomic E-state index is 3.52. The number of hydrogen-bond acceptors (Lipinski definition) is 0. The highest BCUT2D eigenvalue weighted by Gasteiger charge is 2.10. The standard InChI is InChI=1S/C14H8Br2N2/c15-7-1-3-11-9(5-7)13-14(17-11)10-6-8(16)2-4-12(10)18-13/h1-6,17-18H. The largest absolute Gasteiger partial charge is 0.353 e. The molecule has 0 aliphatic carbocycles. The summed E-state index contributed by atoms with van der Waals surface area (Å²) in [7, 11) is 0. The summed E-state index contributed by atoms with van der Waals surface area (Å²) in [5.41, 5.74) is 4.64. The minimum absolute atomic E-state index is 1.09. The predicted molar refractivity (Wildman–Crippen MR) is 83.1 cm³/mol. The Labute approximate surface area is 120 Å². The number of nitrogens with one attached hydrogen (secondary N) is 2. The van der Waals surface area contributed by atoms with Crippen molar-refractivity contribution in [2.45, 2.75) is 0 Å². The van der Waals surface area contributed by atoms with Crippen LogP contribution in [0.4, 0.5) is 0 Å². The van der Waals surface area contributed by atoms with Crippen molar-refractivity contribution in [1.82, 2.24) is 9.97 Å². The van der Waals surface area contributed by atoms with Crippen LogP contribution in [-0.4, -0.2) is 9.97 Å². The number of fused-ring (bicyclic) bond motifs is 5. The van der Waals surface area contributed by atoms with Crippen molar-refractivity contribution in [3.05, 3.63) is 45.3 Å². The summed E-state index contributed by atoms with van der Waals surface area (Å²) in [5.74, 6) is 0. The molecule has 0 fully saturated rings. The predicted octanol–water partition coefficient (Wildman–Crippen LogP) is 5.33. The molecule has 0 bridgehead atoms. The molecule has 0 saturated heterocycles. The fourth-order valence-electron chi connectivity index (χ4n) is 2.46. The van der Waals surface area contributed by atoms with E-state index in [1.807, 2.05) is 0 Å². The topological polar surface area (TPSA) is 31.6 Å². The minimum Gasteiger partial charge on any atom is -0.353 e. The van der Waals surface area contributed by atoms with Gasteiger partial charge in [0.25, 0.3) is 0 Å². The number of H-pyrrole nitrogens is 2. The highest BCUT2D eigenvalue weighted by atomic mass is 79.9. The lowest BCUT2D eigenvalue weighted by Gasteiger charge is -1.93. The molecule has 4 rings (SSSR count). The van der Waals surface area contributed by atoms with Crippen molar-refractivity contribution < 1.29 is 0 Å². The molecular weight excluding hydrogens is 356 g/mol. The summed E-state index contributed by atoms with van der Waals surface area (Å²) < 4.78 is 2.19. The average molecular weight is 364 g/mol. The molecule has 2 nitrogen and oxygen atoms in total. The maximum absolute atomic E-state index is 3.52. The van der Waals surface area contributed by atoms with Gasteiger partial charge in [-0.3, -0.25) is 0 Å². The second-order valence-electron chi connectivity index (χ2n) is 4.38. The summed E-state index contributed by atoms with van der Waals surface area (Å²) >= 11 is 7.05. The molecule has 0 atom stereocenters. The number of aromatic nitrogens is 2. The number of rotatable bonds is 0. The SMILES string of the molecule is Brc1ccc2[nH]c3c4cc(Br)ccc4[nH]c3c2c1. The third-order valence-corrected chi connectivity index (χ3v) is 4.26. The van der Waals surface area contributed by atoms with Crippen LogP contribution in [0.5, 0.6) is 0 Å². The first kappa shape index (κ1) is 10.6. The Bertz CT molecular complexity index is 826. The van der Waals surface area contributed by atoms with Gasteiger partial charge in [-0.05, 0) is 36.4 Å². The van der Waals surface area contributed by atoms with Crippen LogP contribution in [0.3, 0.4) is 0 Å². The zero-order chi connectivity index (χ0) is 12.3. The van der Waals surface area contributed by atoms with Crippen molar-refractivity contribution in [3.63, 3.8) is 0 Å². The van der Waals surface area contributed by atoms with Gasteiger partial charge in [0.1, 0.15) is 0 Å². The Morgan fingerprint density at radius 1 is 0.667 bits per heavy atom. The molecule has 0 aliphatic rings. The second kappa shape index (κ2) is 3.62. The number of aromatic amines is 2. The van der Waals surface area contributed by atoms with Gasteiger partial charge in [-0.2, -0.15) is 0 Å². The van der Waals surface area contributed by atoms with Crippen LogP contribution >= 0.6 is 31.9 Å². The van der Waals surface area contributed by atoms with Crippen LogP contribution in [0.25, 0.3) is 32.8 Å². The van der Waals surface area contributed by atoms with Gasteiger partial charge in [0, 0.05) is 30.8 Å². The number of hydrogen-bond donors (Lipinski definition) is 2. The van der Waals surface area contributed by atoms with Crippen molar-refractivity contribution in [2.24, 2.45) is 0 Å². The van der Waals surface area contributed by atoms with E-state index in [9.17, 15) is 0 Å². The van der Waals surface area contributed by atoms with Gasteiger partial charge in [0.05, 0.1) is 11.0 Å². The molecule has 2 aromatic heterocycles. The monoisotopic (exact) mass is 362 g/mol. The van der Waals surface area contributed by atoms with Crippen molar-refractivity contribution in [1.29, 1.82) is 0 Å². The van der Waals surface area contributed by atoms with E-state index in [0.717, 1.165) is 20.0 Å². The highest BCUT2D eigenvalue weighted by molar-refractivity contribution is 9.10. The first-order chi connectivity index (χ1) is 8.72. The molecule has 0 radical (unpaired) electrons. The minimum atomic E-state index is 1.09. The Morgan fingerprint density at radius 3 is 1.56 bits per heavy atom. The molecule has 0 unspecified atom stereocenters. The van der Waals surface area contributed by atoms with Gasteiger partial charge in [-0.15, -0.1) is 0 Å². The lowest BCUT2D eigenvalue weighted by Crippen LogP contribution is -1.72. The van der Waals surface area contributed by atoms with Gasteiger partial charge in [-0.1, -0.05) is 31.9 Å². The first-order valence-electron chi connectivity index (χ1n) is 5.60. The fourth-order valence-corrected chi connectivity index (χ4v) is 3.19. The van der Waals surface area contributed by atoms with Gasteiger partial charge in [0.2, 0.25) is 0 Å². The summed E-state index contributed by atoms with van der Waals surface area (Å²) in [6.45, 7) is 0. The molecular formula is C14H8Br2N2. The molecule has 0 aliphatic heterocycles. The van der Waals surface area contributed by atoms with Gasteiger partial charge in [-0.25, -0.2) is 0 Å². The summed E-state index contributed by atoms with van der Waals surface area (Å²) in [6.07, 6.45) is 0. The van der Waals surface area contributed by atoms with Crippen LogP contribution in [0.2, 0.25) is 0 Å². The molecule has 18 heavy (non-hydrogen) atoms.